The summed E-state index contributed by atoms with van der Waals surface area (Å²) in [5.74, 6) is 0. The molecule has 1 aliphatic rings. The van der Waals surface area contributed by atoms with Gasteiger partial charge in [-0.3, -0.25) is 9.88 Å². The smallest absolute Gasteiger partial charge is 0.0702 e. The largest absolute Gasteiger partial charge is 0.311 e. The molecule has 0 radical (unpaired) electrons. The van der Waals surface area contributed by atoms with Crippen molar-refractivity contribution in [1.29, 1.82) is 0 Å². The molecule has 0 aliphatic carbocycles. The molecule has 1 N–H and O–H groups in total. The molecule has 3 heteroatoms. The van der Waals surface area contributed by atoms with Crippen LogP contribution < -0.4 is 5.32 Å². The lowest BCUT2D eigenvalue weighted by Gasteiger charge is -2.46. The average Bonchev–Trinajstić information content (AvgIpc) is 2.49. The predicted molar refractivity (Wildman–Crippen MR) is 88.3 cm³/mol. The van der Waals surface area contributed by atoms with Gasteiger partial charge in [0.1, 0.15) is 0 Å². The highest BCUT2D eigenvalue weighted by molar-refractivity contribution is 5.78. The first-order chi connectivity index (χ1) is 10.1. The maximum Gasteiger partial charge on any atom is 0.0702 e. The van der Waals surface area contributed by atoms with Gasteiger partial charge in [-0.25, -0.2) is 0 Å². The maximum atomic E-state index is 4.40. The molecule has 0 saturated carbocycles. The van der Waals surface area contributed by atoms with E-state index in [4.69, 9.17) is 0 Å². The molecule has 1 aliphatic heterocycles. The Balaban J connectivity index is 1.82. The number of fused-ring (bicyclic) bond motifs is 1. The van der Waals surface area contributed by atoms with Gasteiger partial charge in [-0.1, -0.05) is 19.1 Å². The van der Waals surface area contributed by atoms with Crippen molar-refractivity contribution in [2.75, 3.05) is 13.1 Å². The third kappa shape index (κ3) is 3.09. The molecular weight excluding hydrogens is 258 g/mol. The van der Waals surface area contributed by atoms with Crippen LogP contribution in [0.5, 0.6) is 0 Å². The van der Waals surface area contributed by atoms with Gasteiger partial charge in [0.25, 0.3) is 0 Å². The van der Waals surface area contributed by atoms with Gasteiger partial charge in [0, 0.05) is 42.8 Å². The van der Waals surface area contributed by atoms with Crippen molar-refractivity contribution in [2.45, 2.75) is 45.3 Å². The van der Waals surface area contributed by atoms with Crippen LogP contribution in [-0.4, -0.2) is 34.6 Å². The summed E-state index contributed by atoms with van der Waals surface area (Å²) in [5.41, 5.74) is 2.66. The maximum absolute atomic E-state index is 4.40. The fourth-order valence-electron chi connectivity index (χ4n) is 3.08. The summed E-state index contributed by atoms with van der Waals surface area (Å²) in [6.45, 7) is 10.1. The highest BCUT2D eigenvalue weighted by atomic mass is 15.3. The first-order valence-corrected chi connectivity index (χ1v) is 7.90. The molecule has 1 aromatic carbocycles. The van der Waals surface area contributed by atoms with E-state index >= 15 is 0 Å². The number of pyridine rings is 1. The molecule has 3 nitrogen and oxygen atoms in total. The van der Waals surface area contributed by atoms with Crippen LogP contribution in [0.1, 0.15) is 32.8 Å². The molecule has 1 saturated heterocycles. The Labute approximate surface area is 127 Å². The molecule has 1 aromatic heterocycles. The van der Waals surface area contributed by atoms with Crippen molar-refractivity contribution in [3.8, 4) is 0 Å². The molecule has 1 fully saturated rings. The number of hydrogen-bond donors (Lipinski definition) is 1. The number of piperazine rings is 1. The molecule has 1 unspecified atom stereocenters. The topological polar surface area (TPSA) is 28.2 Å². The van der Waals surface area contributed by atoms with Gasteiger partial charge in [0.2, 0.25) is 0 Å². The normalized spacial score (nSPS) is 22.5. The van der Waals surface area contributed by atoms with Crippen LogP contribution in [0.25, 0.3) is 10.9 Å². The van der Waals surface area contributed by atoms with E-state index in [1.807, 2.05) is 12.3 Å². The summed E-state index contributed by atoms with van der Waals surface area (Å²) in [6, 6.07) is 11.4. The first kappa shape index (κ1) is 14.5. The SMILES string of the molecule is CCC1CN(Cc2ccc3ncccc3c2)C(C)(C)CN1. The molecule has 1 atom stereocenters. The van der Waals surface area contributed by atoms with Crippen molar-refractivity contribution < 1.29 is 0 Å². The third-order valence-electron chi connectivity index (χ3n) is 4.65. The molecule has 0 amide bonds. The Kier molecular flexibility index (Phi) is 3.96. The highest BCUT2D eigenvalue weighted by Crippen LogP contribution is 2.23. The zero-order chi connectivity index (χ0) is 14.9. The number of aromatic nitrogens is 1. The van der Waals surface area contributed by atoms with Crippen LogP contribution in [0.15, 0.2) is 36.5 Å². The van der Waals surface area contributed by atoms with E-state index in [1.54, 1.807) is 0 Å². The van der Waals surface area contributed by atoms with Crippen LogP contribution >= 0.6 is 0 Å². The lowest BCUT2D eigenvalue weighted by molar-refractivity contribution is 0.0577. The van der Waals surface area contributed by atoms with Gasteiger partial charge >= 0.3 is 0 Å². The van der Waals surface area contributed by atoms with Crippen molar-refractivity contribution in [3.63, 3.8) is 0 Å². The van der Waals surface area contributed by atoms with Crippen LogP contribution in [0.4, 0.5) is 0 Å². The monoisotopic (exact) mass is 283 g/mol. The third-order valence-corrected chi connectivity index (χ3v) is 4.65. The van der Waals surface area contributed by atoms with Crippen molar-refractivity contribution in [2.24, 2.45) is 0 Å². The number of hydrogen-bond acceptors (Lipinski definition) is 3. The number of nitrogens with one attached hydrogen (secondary N) is 1. The molecular formula is C18H25N3. The van der Waals surface area contributed by atoms with E-state index in [0.717, 1.165) is 25.2 Å². The average molecular weight is 283 g/mol. The summed E-state index contributed by atoms with van der Waals surface area (Å²) >= 11 is 0. The Hall–Kier alpha value is -1.45. The van der Waals surface area contributed by atoms with Gasteiger partial charge in [-0.05, 0) is 44.0 Å². The Morgan fingerprint density at radius 2 is 2.19 bits per heavy atom. The van der Waals surface area contributed by atoms with E-state index < -0.39 is 0 Å². The minimum Gasteiger partial charge on any atom is -0.311 e. The van der Waals surface area contributed by atoms with Gasteiger partial charge in [-0.2, -0.15) is 0 Å². The van der Waals surface area contributed by atoms with E-state index in [1.165, 1.54) is 17.4 Å². The standard InChI is InChI=1S/C18H25N3/c1-4-16-12-21(18(2,3)13-20-16)11-14-7-8-17-15(10-14)6-5-9-19-17/h5-10,16,20H,4,11-13H2,1-3H3. The van der Waals surface area contributed by atoms with Gasteiger partial charge in [-0.15, -0.1) is 0 Å². The first-order valence-electron chi connectivity index (χ1n) is 7.90. The number of rotatable bonds is 3. The molecule has 0 bridgehead atoms. The Bertz CT molecular complexity index is 621. The molecule has 21 heavy (non-hydrogen) atoms. The van der Waals surface area contributed by atoms with Gasteiger partial charge in [0.05, 0.1) is 5.52 Å². The lowest BCUT2D eigenvalue weighted by atomic mass is 9.95. The summed E-state index contributed by atoms with van der Waals surface area (Å²) in [4.78, 5) is 7.01. The zero-order valence-corrected chi connectivity index (χ0v) is 13.3. The predicted octanol–water partition coefficient (Wildman–Crippen LogP) is 3.20. The van der Waals surface area contributed by atoms with Gasteiger partial charge < -0.3 is 5.32 Å². The Morgan fingerprint density at radius 3 is 3.00 bits per heavy atom. The second-order valence-corrected chi connectivity index (χ2v) is 6.71. The lowest BCUT2D eigenvalue weighted by Crippen LogP contribution is -2.61. The van der Waals surface area contributed by atoms with E-state index in [0.29, 0.717) is 6.04 Å². The van der Waals surface area contributed by atoms with Crippen molar-refractivity contribution in [3.05, 3.63) is 42.1 Å². The van der Waals surface area contributed by atoms with Crippen LogP contribution in [0, 0.1) is 0 Å². The summed E-state index contributed by atoms with van der Waals surface area (Å²) in [7, 11) is 0. The van der Waals surface area contributed by atoms with E-state index in [-0.39, 0.29) is 5.54 Å². The van der Waals surface area contributed by atoms with Crippen molar-refractivity contribution in [1.82, 2.24) is 15.2 Å². The van der Waals surface area contributed by atoms with E-state index in [9.17, 15) is 0 Å². The second kappa shape index (κ2) is 5.74. The molecule has 2 aromatic rings. The molecule has 112 valence electrons. The highest BCUT2D eigenvalue weighted by Gasteiger charge is 2.33. The van der Waals surface area contributed by atoms with Crippen LogP contribution in [0.2, 0.25) is 0 Å². The minimum absolute atomic E-state index is 0.204. The van der Waals surface area contributed by atoms with E-state index in [2.05, 4.69) is 60.2 Å². The zero-order valence-electron chi connectivity index (χ0n) is 13.3. The van der Waals surface area contributed by atoms with Crippen LogP contribution in [0.3, 0.4) is 0 Å². The minimum atomic E-state index is 0.204. The summed E-state index contributed by atoms with van der Waals surface area (Å²) in [5, 5.41) is 4.88. The van der Waals surface area contributed by atoms with Gasteiger partial charge in [0.15, 0.2) is 0 Å². The second-order valence-electron chi connectivity index (χ2n) is 6.71. The summed E-state index contributed by atoms with van der Waals surface area (Å²) < 4.78 is 0. The number of nitrogens with zero attached hydrogens (tertiary/aromatic N) is 2. The number of benzene rings is 1. The van der Waals surface area contributed by atoms with Crippen molar-refractivity contribution >= 4 is 10.9 Å². The Morgan fingerprint density at radius 1 is 1.33 bits per heavy atom. The fraction of sp³-hybridized carbons (Fsp3) is 0.500. The quantitative estimate of drug-likeness (QED) is 0.937. The molecule has 2 heterocycles. The fourth-order valence-corrected chi connectivity index (χ4v) is 3.08. The molecule has 0 spiro atoms. The summed E-state index contributed by atoms with van der Waals surface area (Å²) in [6.07, 6.45) is 3.04. The van der Waals surface area contributed by atoms with Crippen LogP contribution in [-0.2, 0) is 6.54 Å². The molecule has 3 rings (SSSR count).